The van der Waals surface area contributed by atoms with E-state index in [-0.39, 0.29) is 0 Å². The highest BCUT2D eigenvalue weighted by molar-refractivity contribution is 6.37. The summed E-state index contributed by atoms with van der Waals surface area (Å²) in [5.41, 5.74) is 0. The van der Waals surface area contributed by atoms with Crippen LogP contribution >= 0.6 is 0 Å². The van der Waals surface area contributed by atoms with Gasteiger partial charge in [0, 0.05) is 0 Å². The lowest BCUT2D eigenvalue weighted by atomic mass is 10.5. The van der Waals surface area contributed by atoms with Crippen LogP contribution in [-0.4, -0.2) is 29.1 Å². The molecular weight excluding hydrogens is 168 g/mol. The fraction of sp³-hybridized carbons (Fsp3) is 0.778. The molecule has 0 aromatic heterocycles. The lowest BCUT2D eigenvalue weighted by molar-refractivity contribution is 0.0563. The van der Waals surface area contributed by atoms with Gasteiger partial charge in [0.2, 0.25) is 0 Å². The van der Waals surface area contributed by atoms with Gasteiger partial charge in [0.25, 0.3) is 9.76 Å². The van der Waals surface area contributed by atoms with Crippen LogP contribution in [0.2, 0.25) is 0 Å². The zero-order chi connectivity index (χ0) is 9.40. The first-order valence-electron chi connectivity index (χ1n) is 4.34. The van der Waals surface area contributed by atoms with Crippen molar-refractivity contribution in [2.75, 3.05) is 13.2 Å². The average molecular weight is 186 g/mol. The summed E-state index contributed by atoms with van der Waals surface area (Å²) in [5, 5.41) is 1.17. The molecule has 0 amide bonds. The Morgan fingerprint density at radius 2 is 2.08 bits per heavy atom. The lowest BCUT2D eigenvalue weighted by Crippen LogP contribution is -2.12. The smallest absolute Gasteiger partial charge is 0.263 e. The summed E-state index contributed by atoms with van der Waals surface area (Å²) in [6.07, 6.45) is 1.30. The highest BCUT2D eigenvalue weighted by Gasteiger charge is 1.96. The van der Waals surface area contributed by atoms with Gasteiger partial charge in [-0.1, -0.05) is 12.1 Å². The van der Waals surface area contributed by atoms with Gasteiger partial charge in [-0.15, -0.1) is 6.58 Å². The van der Waals surface area contributed by atoms with Crippen molar-refractivity contribution in [1.82, 2.24) is 0 Å². The molecule has 2 radical (unpaired) electrons. The molecular formula is C9H18O2Si. The Hall–Kier alpha value is -0.123. The average Bonchev–Trinajstić information content (AvgIpc) is 2.03. The number of ether oxygens (including phenoxy) is 1. The predicted octanol–water partition coefficient (Wildman–Crippen LogP) is 1.97. The molecule has 0 heterocycles. The lowest BCUT2D eigenvalue weighted by Gasteiger charge is -2.07. The second kappa shape index (κ2) is 7.52. The molecule has 0 N–H and O–H groups in total. The molecule has 0 atom stereocenters. The Balaban J connectivity index is 3.05. The molecule has 0 fully saturated rings. The zero-order valence-electron chi connectivity index (χ0n) is 8.22. The predicted molar refractivity (Wildman–Crippen MR) is 52.2 cm³/mol. The maximum atomic E-state index is 5.34. The minimum absolute atomic E-state index is 0.298. The Morgan fingerprint density at radius 1 is 1.42 bits per heavy atom. The first kappa shape index (κ1) is 11.9. The topological polar surface area (TPSA) is 18.5 Å². The molecule has 0 aromatic carbocycles. The zero-order valence-corrected chi connectivity index (χ0v) is 9.22. The highest BCUT2D eigenvalue weighted by Crippen LogP contribution is 1.94. The monoisotopic (exact) mass is 186 g/mol. The minimum atomic E-state index is 0.298. The van der Waals surface area contributed by atoms with Crippen molar-refractivity contribution >= 4 is 9.76 Å². The van der Waals surface area contributed by atoms with Gasteiger partial charge in [-0.25, -0.2) is 0 Å². The molecule has 0 aliphatic rings. The summed E-state index contributed by atoms with van der Waals surface area (Å²) in [4.78, 5) is 0. The van der Waals surface area contributed by atoms with Crippen molar-refractivity contribution in [3.05, 3.63) is 11.8 Å². The molecule has 0 spiro atoms. The van der Waals surface area contributed by atoms with E-state index in [1.807, 2.05) is 13.8 Å². The Kier molecular flexibility index (Phi) is 7.44. The molecule has 0 rings (SSSR count). The first-order chi connectivity index (χ1) is 5.66. The van der Waals surface area contributed by atoms with Crippen LogP contribution in [0.15, 0.2) is 11.8 Å². The van der Waals surface area contributed by atoms with Gasteiger partial charge in [-0.3, -0.25) is 0 Å². The third-order valence-corrected chi connectivity index (χ3v) is 2.27. The molecule has 0 aliphatic carbocycles. The third kappa shape index (κ3) is 7.98. The van der Waals surface area contributed by atoms with Gasteiger partial charge in [0.15, 0.2) is 0 Å². The molecule has 0 bridgehead atoms. The van der Waals surface area contributed by atoms with Crippen molar-refractivity contribution in [2.45, 2.75) is 33.3 Å². The highest BCUT2D eigenvalue weighted by atomic mass is 28.2. The summed E-state index contributed by atoms with van der Waals surface area (Å²) < 4.78 is 10.6. The number of rotatable bonds is 7. The quantitative estimate of drug-likeness (QED) is 0.447. The maximum absolute atomic E-state index is 5.34. The fourth-order valence-corrected chi connectivity index (χ4v) is 1.08. The van der Waals surface area contributed by atoms with Gasteiger partial charge >= 0.3 is 0 Å². The molecule has 0 saturated heterocycles. The molecule has 0 aliphatic heterocycles. The van der Waals surface area contributed by atoms with Crippen molar-refractivity contribution in [2.24, 2.45) is 0 Å². The van der Waals surface area contributed by atoms with E-state index in [1.165, 1.54) is 5.20 Å². The van der Waals surface area contributed by atoms with Crippen molar-refractivity contribution in [1.29, 1.82) is 0 Å². The molecule has 12 heavy (non-hydrogen) atoms. The Labute approximate surface area is 77.9 Å². The van der Waals surface area contributed by atoms with E-state index in [9.17, 15) is 0 Å². The number of allylic oxidation sites excluding steroid dienone is 1. The number of hydrogen-bond acceptors (Lipinski definition) is 2. The van der Waals surface area contributed by atoms with Crippen molar-refractivity contribution < 1.29 is 9.16 Å². The van der Waals surface area contributed by atoms with Gasteiger partial charge in [-0.05, 0) is 20.3 Å². The first-order valence-corrected chi connectivity index (χ1v) is 5.24. The molecule has 0 saturated carbocycles. The van der Waals surface area contributed by atoms with Crippen LogP contribution in [-0.2, 0) is 9.16 Å². The van der Waals surface area contributed by atoms with Gasteiger partial charge in [0.05, 0.1) is 19.3 Å². The Morgan fingerprint density at radius 3 is 2.58 bits per heavy atom. The Bertz CT molecular complexity index is 124. The van der Waals surface area contributed by atoms with E-state index in [4.69, 9.17) is 9.16 Å². The number of hydrogen-bond donors (Lipinski definition) is 0. The van der Waals surface area contributed by atoms with Crippen LogP contribution < -0.4 is 0 Å². The maximum Gasteiger partial charge on any atom is 0.263 e. The summed E-state index contributed by atoms with van der Waals surface area (Å²) in [6, 6.07) is 0. The SMILES string of the molecule is C=C(CC)[Si]OCCOC(C)C. The minimum Gasteiger partial charge on any atom is -0.409 e. The van der Waals surface area contributed by atoms with E-state index >= 15 is 0 Å². The molecule has 3 heteroatoms. The van der Waals surface area contributed by atoms with E-state index in [0.717, 1.165) is 6.42 Å². The molecule has 2 nitrogen and oxygen atoms in total. The van der Waals surface area contributed by atoms with Crippen molar-refractivity contribution in [3.63, 3.8) is 0 Å². The van der Waals surface area contributed by atoms with Gasteiger partial charge in [-0.2, -0.15) is 0 Å². The summed E-state index contributed by atoms with van der Waals surface area (Å²) >= 11 is 0. The largest absolute Gasteiger partial charge is 0.409 e. The van der Waals surface area contributed by atoms with Crippen LogP contribution in [0.3, 0.4) is 0 Å². The van der Waals surface area contributed by atoms with Crippen LogP contribution in [0.5, 0.6) is 0 Å². The van der Waals surface area contributed by atoms with E-state index < -0.39 is 0 Å². The normalized spacial score (nSPS) is 10.7. The standard InChI is InChI=1S/C9H18O2Si/c1-5-9(4)12-11-7-6-10-8(2)3/h8H,4-7H2,1-3H3. The van der Waals surface area contributed by atoms with Crippen LogP contribution in [0.25, 0.3) is 0 Å². The van der Waals surface area contributed by atoms with Crippen LogP contribution in [0, 0.1) is 0 Å². The van der Waals surface area contributed by atoms with Gasteiger partial charge < -0.3 is 9.16 Å². The fourth-order valence-electron chi connectivity index (χ4n) is 0.551. The molecule has 0 unspecified atom stereocenters. The summed E-state index contributed by atoms with van der Waals surface area (Å²) in [7, 11) is 0.435. The molecule has 0 aromatic rings. The molecule has 70 valence electrons. The van der Waals surface area contributed by atoms with Crippen LogP contribution in [0.1, 0.15) is 27.2 Å². The van der Waals surface area contributed by atoms with Crippen LogP contribution in [0.4, 0.5) is 0 Å². The van der Waals surface area contributed by atoms with Gasteiger partial charge in [0.1, 0.15) is 0 Å². The second-order valence-electron chi connectivity index (χ2n) is 2.83. The summed E-state index contributed by atoms with van der Waals surface area (Å²) in [5.74, 6) is 0. The van der Waals surface area contributed by atoms with E-state index in [1.54, 1.807) is 0 Å². The van der Waals surface area contributed by atoms with E-state index in [2.05, 4.69) is 13.5 Å². The summed E-state index contributed by atoms with van der Waals surface area (Å²) in [6.45, 7) is 11.3. The second-order valence-corrected chi connectivity index (χ2v) is 4.03. The van der Waals surface area contributed by atoms with E-state index in [0.29, 0.717) is 29.1 Å². The van der Waals surface area contributed by atoms with Crippen molar-refractivity contribution in [3.8, 4) is 0 Å². The third-order valence-electron chi connectivity index (χ3n) is 1.28.